The zero-order valence-corrected chi connectivity index (χ0v) is 26.8. The molecule has 9 heteroatoms. The topological polar surface area (TPSA) is 75.2 Å². The standard InChI is InChI=1S/C37H42F2N6O/c1-4-26-28(38)14-13-24-9-5-11-27(30(24)26)33-32(39)34-31-29(42-33)12-6-10-25(23(2)3)21-40-17-18-41-35(31)44-36(43-34)46-22-37-15-7-19-45(37)20-8-16-37/h1,5,9,11,13-14,23,25,40H,6-8,10,12,15-22H2,2-3H3,(H,41,43,44). The number of halogens is 2. The van der Waals surface area contributed by atoms with E-state index in [9.17, 15) is 4.39 Å². The summed E-state index contributed by atoms with van der Waals surface area (Å²) < 4.78 is 38.3. The van der Waals surface area contributed by atoms with Gasteiger partial charge in [0.15, 0.2) is 5.82 Å². The van der Waals surface area contributed by atoms with Crippen LogP contribution in [0.4, 0.5) is 14.6 Å². The molecule has 0 amide bonds. The van der Waals surface area contributed by atoms with Gasteiger partial charge in [0.05, 0.1) is 22.2 Å². The first-order valence-corrected chi connectivity index (χ1v) is 16.8. The van der Waals surface area contributed by atoms with E-state index in [2.05, 4.69) is 35.3 Å². The van der Waals surface area contributed by atoms with E-state index < -0.39 is 11.6 Å². The average Bonchev–Trinajstić information content (AvgIpc) is 3.63. The third-order valence-corrected chi connectivity index (χ3v) is 10.4. The molecular weight excluding hydrogens is 582 g/mol. The van der Waals surface area contributed by atoms with Crippen LogP contribution >= 0.6 is 0 Å². The number of rotatable bonds is 5. The third kappa shape index (κ3) is 5.56. The third-order valence-electron chi connectivity index (χ3n) is 10.4. The number of hydrogen-bond acceptors (Lipinski definition) is 7. The first kappa shape index (κ1) is 30.8. The van der Waals surface area contributed by atoms with Crippen LogP contribution in [0.15, 0.2) is 30.3 Å². The molecule has 0 radical (unpaired) electrons. The van der Waals surface area contributed by atoms with E-state index in [1.807, 2.05) is 12.1 Å². The first-order chi connectivity index (χ1) is 22.4. The van der Waals surface area contributed by atoms with Crippen molar-refractivity contribution in [3.63, 3.8) is 0 Å². The smallest absolute Gasteiger partial charge is 0.319 e. The highest BCUT2D eigenvalue weighted by atomic mass is 19.1. The van der Waals surface area contributed by atoms with E-state index in [-0.39, 0.29) is 28.3 Å². The molecule has 0 bridgehead atoms. The van der Waals surface area contributed by atoms with Gasteiger partial charge in [-0.05, 0) is 87.9 Å². The van der Waals surface area contributed by atoms with E-state index in [4.69, 9.17) is 26.1 Å². The summed E-state index contributed by atoms with van der Waals surface area (Å²) in [6, 6.07) is 8.60. The van der Waals surface area contributed by atoms with Gasteiger partial charge in [0.2, 0.25) is 0 Å². The van der Waals surface area contributed by atoms with Crippen molar-refractivity contribution in [3.8, 4) is 29.6 Å². The van der Waals surface area contributed by atoms with Crippen molar-refractivity contribution < 1.29 is 13.5 Å². The van der Waals surface area contributed by atoms with E-state index in [1.54, 1.807) is 12.1 Å². The molecule has 2 aromatic carbocycles. The van der Waals surface area contributed by atoms with Crippen molar-refractivity contribution in [2.45, 2.75) is 64.3 Å². The Morgan fingerprint density at radius 2 is 1.87 bits per heavy atom. The van der Waals surface area contributed by atoms with Gasteiger partial charge in [-0.3, -0.25) is 4.90 Å². The van der Waals surface area contributed by atoms with Gasteiger partial charge in [0, 0.05) is 24.0 Å². The molecule has 46 heavy (non-hydrogen) atoms. The fourth-order valence-electron chi connectivity index (χ4n) is 7.89. The maximum Gasteiger partial charge on any atom is 0.319 e. The molecule has 0 saturated carbocycles. The second kappa shape index (κ2) is 12.7. The second-order valence-corrected chi connectivity index (χ2v) is 13.5. The minimum absolute atomic E-state index is 0.00839. The van der Waals surface area contributed by atoms with Crippen LogP contribution in [0.1, 0.15) is 63.6 Å². The molecule has 0 spiro atoms. The molecule has 4 aromatic rings. The quantitative estimate of drug-likeness (QED) is 0.239. The van der Waals surface area contributed by atoms with Crippen LogP contribution < -0.4 is 15.4 Å². The number of pyridine rings is 1. The predicted molar refractivity (Wildman–Crippen MR) is 179 cm³/mol. The number of terminal acetylenes is 1. The minimum atomic E-state index is -0.597. The number of aromatic nitrogens is 3. The van der Waals surface area contributed by atoms with E-state index in [0.29, 0.717) is 59.3 Å². The zero-order chi connectivity index (χ0) is 31.8. The summed E-state index contributed by atoms with van der Waals surface area (Å²) in [7, 11) is 0. The minimum Gasteiger partial charge on any atom is -0.461 e. The van der Waals surface area contributed by atoms with Gasteiger partial charge in [0.25, 0.3) is 0 Å². The van der Waals surface area contributed by atoms with Crippen molar-refractivity contribution >= 4 is 27.5 Å². The highest BCUT2D eigenvalue weighted by molar-refractivity contribution is 6.02. The summed E-state index contributed by atoms with van der Waals surface area (Å²) >= 11 is 0. The normalized spacial score (nSPS) is 20.2. The predicted octanol–water partition coefficient (Wildman–Crippen LogP) is 6.72. The van der Waals surface area contributed by atoms with Crippen LogP contribution in [0.5, 0.6) is 6.01 Å². The van der Waals surface area contributed by atoms with Gasteiger partial charge >= 0.3 is 6.01 Å². The van der Waals surface area contributed by atoms with Crippen LogP contribution in [-0.4, -0.2) is 64.7 Å². The Bertz CT molecular complexity index is 1810. The lowest BCUT2D eigenvalue weighted by atomic mass is 9.89. The van der Waals surface area contributed by atoms with Gasteiger partial charge in [-0.25, -0.2) is 13.8 Å². The Labute approximate surface area is 269 Å². The monoisotopic (exact) mass is 624 g/mol. The van der Waals surface area contributed by atoms with Crippen molar-refractivity contribution in [1.82, 2.24) is 25.2 Å². The lowest BCUT2D eigenvalue weighted by molar-refractivity contribution is 0.108. The number of hydrogen-bond donors (Lipinski definition) is 2. The number of anilines is 1. The zero-order valence-electron chi connectivity index (χ0n) is 26.8. The van der Waals surface area contributed by atoms with Gasteiger partial charge in [-0.2, -0.15) is 9.97 Å². The summed E-state index contributed by atoms with van der Waals surface area (Å²) in [5.74, 6) is 2.93. The molecule has 0 aliphatic carbocycles. The maximum absolute atomic E-state index is 17.0. The van der Waals surface area contributed by atoms with Crippen LogP contribution in [0.25, 0.3) is 32.9 Å². The van der Waals surface area contributed by atoms with Gasteiger partial charge < -0.3 is 15.4 Å². The van der Waals surface area contributed by atoms with Gasteiger partial charge in [-0.15, -0.1) is 6.42 Å². The Balaban J connectivity index is 1.39. The number of ether oxygens (including phenoxy) is 1. The fourth-order valence-corrected chi connectivity index (χ4v) is 7.89. The molecule has 1 atom stereocenters. The second-order valence-electron chi connectivity index (χ2n) is 13.5. The Morgan fingerprint density at radius 3 is 2.65 bits per heavy atom. The summed E-state index contributed by atoms with van der Waals surface area (Å²) in [6.45, 7) is 9.41. The van der Waals surface area contributed by atoms with Crippen LogP contribution in [0.3, 0.4) is 0 Å². The number of nitrogens with one attached hydrogen (secondary N) is 2. The highest BCUT2D eigenvalue weighted by Gasteiger charge is 2.45. The molecule has 240 valence electrons. The van der Waals surface area contributed by atoms with Crippen molar-refractivity contribution in [1.29, 1.82) is 0 Å². The summed E-state index contributed by atoms with van der Waals surface area (Å²) in [5, 5.41) is 8.80. The number of fused-ring (bicyclic) bond motifs is 2. The van der Waals surface area contributed by atoms with Gasteiger partial charge in [0.1, 0.15) is 29.5 Å². The molecule has 2 saturated heterocycles. The Hall–Kier alpha value is -3.87. The molecule has 3 aliphatic rings. The van der Waals surface area contributed by atoms with Gasteiger partial charge in [-0.1, -0.05) is 44.0 Å². The molecule has 2 aromatic heterocycles. The maximum atomic E-state index is 17.0. The van der Waals surface area contributed by atoms with Crippen LogP contribution in [0, 0.1) is 35.8 Å². The molecular formula is C37H42F2N6O. The van der Waals surface area contributed by atoms with E-state index in [0.717, 1.165) is 70.1 Å². The lowest BCUT2D eigenvalue weighted by Crippen LogP contribution is -2.43. The molecule has 7 nitrogen and oxygen atoms in total. The SMILES string of the molecule is C#Cc1c(F)ccc2cccc(-c3nc4c5c(nc(OCC67CCCN6CCC7)nc5c3F)NCCNCC(C(C)C)CCC4)c12. The first-order valence-electron chi connectivity index (χ1n) is 16.8. The molecule has 7 rings (SSSR count). The molecule has 2 fully saturated rings. The average molecular weight is 625 g/mol. The fraction of sp³-hybridized carbons (Fsp3) is 0.486. The Morgan fingerprint density at radius 1 is 1.04 bits per heavy atom. The van der Waals surface area contributed by atoms with Crippen molar-refractivity contribution in [3.05, 3.63) is 53.2 Å². The molecule has 1 unspecified atom stereocenters. The lowest BCUT2D eigenvalue weighted by Gasteiger charge is -2.31. The van der Waals surface area contributed by atoms with Crippen LogP contribution in [0.2, 0.25) is 0 Å². The molecule has 3 aliphatic heterocycles. The summed E-state index contributed by atoms with van der Waals surface area (Å²) in [6.07, 6.45) is 12.7. The summed E-state index contributed by atoms with van der Waals surface area (Å²) in [5.41, 5.74) is 1.50. The Kier molecular flexibility index (Phi) is 8.51. The number of aryl methyl sites for hydroxylation is 1. The van der Waals surface area contributed by atoms with Crippen molar-refractivity contribution in [2.24, 2.45) is 11.8 Å². The van der Waals surface area contributed by atoms with Crippen LogP contribution in [-0.2, 0) is 6.42 Å². The highest BCUT2D eigenvalue weighted by Crippen LogP contribution is 2.41. The number of nitrogens with zero attached hydrogens (tertiary/aromatic N) is 4. The number of benzene rings is 2. The van der Waals surface area contributed by atoms with E-state index >= 15 is 4.39 Å². The van der Waals surface area contributed by atoms with Crippen molar-refractivity contribution in [2.75, 3.05) is 44.6 Å². The largest absolute Gasteiger partial charge is 0.461 e. The molecule has 2 N–H and O–H groups in total. The summed E-state index contributed by atoms with van der Waals surface area (Å²) in [4.78, 5) is 17.1. The molecule has 5 heterocycles. The van der Waals surface area contributed by atoms with E-state index in [1.165, 1.54) is 6.07 Å².